The lowest BCUT2D eigenvalue weighted by Crippen LogP contribution is -2.41. The average molecular weight is 436 g/mol. The molecule has 0 atom stereocenters. The predicted octanol–water partition coefficient (Wildman–Crippen LogP) is 3.84. The molecule has 5 N–H and O–H groups in total. The van der Waals surface area contributed by atoms with Gasteiger partial charge in [-0.1, -0.05) is 42.8 Å². The molecule has 0 bridgehead atoms. The van der Waals surface area contributed by atoms with Crippen molar-refractivity contribution in [1.29, 1.82) is 10.8 Å². The minimum atomic E-state index is 0.0777. The number of nitrogens with two attached hydrogens (primary N) is 1. The summed E-state index contributed by atoms with van der Waals surface area (Å²) in [5.74, 6) is 1.42. The Labute approximate surface area is 192 Å². The molecule has 1 fully saturated rings. The molecule has 0 aromatic heterocycles. The number of nitrogens with one attached hydrogen (secondary N) is 2. The molecule has 1 heterocycles. The molecule has 0 unspecified atom stereocenters. The highest BCUT2D eigenvalue weighted by Gasteiger charge is 2.22. The van der Waals surface area contributed by atoms with Crippen molar-refractivity contribution in [3.05, 3.63) is 59.2 Å². The topological polar surface area (TPSA) is 100 Å². The van der Waals surface area contributed by atoms with E-state index < -0.39 is 0 Å². The predicted molar refractivity (Wildman–Crippen MR) is 132 cm³/mol. The Hall–Kier alpha value is -2.70. The zero-order valence-electron chi connectivity index (χ0n) is 19.4. The zero-order chi connectivity index (χ0) is 23.1. The third-order valence-corrected chi connectivity index (χ3v) is 6.31. The van der Waals surface area contributed by atoms with Gasteiger partial charge in [-0.2, -0.15) is 0 Å². The highest BCUT2D eigenvalue weighted by Crippen LogP contribution is 2.25. The van der Waals surface area contributed by atoms with Crippen molar-refractivity contribution in [1.82, 2.24) is 9.80 Å². The standard InChI is InChI=1S/C26H37N5O/c1-3-25(27)31-9-7-20(8-10-31)17-30(11-12-32)18-21-13-19(2)14-24(15-21)22-5-4-6-23(16-22)26(28)29/h4-6,13-16,20,27,32H,3,7-12,17-18H2,1-2H3,(H3,28,29). The van der Waals surface area contributed by atoms with Crippen molar-refractivity contribution in [2.45, 2.75) is 39.7 Å². The van der Waals surface area contributed by atoms with Crippen LogP contribution in [0.2, 0.25) is 0 Å². The Morgan fingerprint density at radius 3 is 2.53 bits per heavy atom. The molecule has 0 aliphatic carbocycles. The van der Waals surface area contributed by atoms with Gasteiger partial charge in [-0.05, 0) is 54.5 Å². The number of amidine groups is 2. The quantitative estimate of drug-likeness (QED) is 0.355. The first-order chi connectivity index (χ1) is 15.4. The third kappa shape index (κ3) is 6.40. The van der Waals surface area contributed by atoms with Crippen LogP contribution in [-0.2, 0) is 6.54 Å². The molecule has 0 spiro atoms. The molecule has 1 aliphatic rings. The summed E-state index contributed by atoms with van der Waals surface area (Å²) < 4.78 is 0. The van der Waals surface area contributed by atoms with Crippen LogP contribution in [-0.4, -0.2) is 59.4 Å². The number of hydrogen-bond acceptors (Lipinski definition) is 4. The van der Waals surface area contributed by atoms with Crippen LogP contribution in [0.15, 0.2) is 42.5 Å². The number of piperidine rings is 1. The van der Waals surface area contributed by atoms with Gasteiger partial charge in [-0.3, -0.25) is 15.7 Å². The van der Waals surface area contributed by atoms with Crippen LogP contribution in [0.5, 0.6) is 0 Å². The Bertz CT molecular complexity index is 934. The number of aryl methyl sites for hydroxylation is 1. The number of nitrogen functional groups attached to an aromatic ring is 1. The van der Waals surface area contributed by atoms with E-state index in [1.807, 2.05) is 25.1 Å². The summed E-state index contributed by atoms with van der Waals surface area (Å²) in [5.41, 5.74) is 11.0. The number of benzene rings is 2. The number of nitrogens with zero attached hydrogens (tertiary/aromatic N) is 2. The van der Waals surface area contributed by atoms with E-state index >= 15 is 0 Å². The second-order valence-electron chi connectivity index (χ2n) is 8.89. The van der Waals surface area contributed by atoms with Gasteiger partial charge in [0.1, 0.15) is 5.84 Å². The van der Waals surface area contributed by atoms with Crippen molar-refractivity contribution >= 4 is 11.7 Å². The van der Waals surface area contributed by atoms with E-state index in [-0.39, 0.29) is 12.4 Å². The Morgan fingerprint density at radius 2 is 1.88 bits per heavy atom. The van der Waals surface area contributed by atoms with Gasteiger partial charge in [0, 0.05) is 44.7 Å². The lowest BCUT2D eigenvalue weighted by atomic mass is 9.95. The van der Waals surface area contributed by atoms with Gasteiger partial charge in [0.15, 0.2) is 0 Å². The lowest BCUT2D eigenvalue weighted by molar-refractivity contribution is 0.143. The van der Waals surface area contributed by atoms with E-state index in [0.717, 1.165) is 68.0 Å². The van der Waals surface area contributed by atoms with Crippen LogP contribution in [0.1, 0.15) is 42.9 Å². The first-order valence-electron chi connectivity index (χ1n) is 11.6. The van der Waals surface area contributed by atoms with E-state index in [4.69, 9.17) is 16.6 Å². The normalized spacial score (nSPS) is 14.7. The maximum absolute atomic E-state index is 9.65. The van der Waals surface area contributed by atoms with Gasteiger partial charge in [-0.15, -0.1) is 0 Å². The summed E-state index contributed by atoms with van der Waals surface area (Å²) in [6, 6.07) is 14.4. The maximum atomic E-state index is 9.65. The van der Waals surface area contributed by atoms with Gasteiger partial charge in [0.05, 0.1) is 12.4 Å². The highest BCUT2D eigenvalue weighted by molar-refractivity contribution is 5.96. The van der Waals surface area contributed by atoms with E-state index in [9.17, 15) is 5.11 Å². The molecule has 32 heavy (non-hydrogen) atoms. The van der Waals surface area contributed by atoms with Crippen LogP contribution < -0.4 is 5.73 Å². The molecule has 1 aliphatic heterocycles. The van der Waals surface area contributed by atoms with Crippen molar-refractivity contribution in [3.8, 4) is 11.1 Å². The third-order valence-electron chi connectivity index (χ3n) is 6.31. The number of hydrogen-bond donors (Lipinski definition) is 4. The summed E-state index contributed by atoms with van der Waals surface area (Å²) in [5, 5.41) is 25.4. The first kappa shape index (κ1) is 24.0. The zero-order valence-corrected chi connectivity index (χ0v) is 19.4. The smallest absolute Gasteiger partial charge is 0.122 e. The second-order valence-corrected chi connectivity index (χ2v) is 8.89. The van der Waals surface area contributed by atoms with Crippen LogP contribution in [0.3, 0.4) is 0 Å². The van der Waals surface area contributed by atoms with Gasteiger partial charge in [-0.25, -0.2) is 0 Å². The summed E-state index contributed by atoms with van der Waals surface area (Å²) in [7, 11) is 0. The fourth-order valence-corrected chi connectivity index (χ4v) is 4.60. The highest BCUT2D eigenvalue weighted by atomic mass is 16.3. The van der Waals surface area contributed by atoms with Crippen molar-refractivity contribution in [3.63, 3.8) is 0 Å². The molecular formula is C26H37N5O. The SMILES string of the molecule is CCC(=N)N1CCC(CN(CCO)Cc2cc(C)cc(-c3cccc(C(=N)N)c3)c2)CC1. The summed E-state index contributed by atoms with van der Waals surface area (Å²) >= 11 is 0. The van der Waals surface area contributed by atoms with Crippen LogP contribution in [0, 0.1) is 23.7 Å². The lowest BCUT2D eigenvalue weighted by Gasteiger charge is -2.36. The van der Waals surface area contributed by atoms with Crippen molar-refractivity contribution < 1.29 is 5.11 Å². The van der Waals surface area contributed by atoms with E-state index in [1.54, 1.807) is 0 Å². The molecule has 3 rings (SSSR count). The number of likely N-dealkylation sites (tertiary alicyclic amines) is 1. The molecular weight excluding hydrogens is 398 g/mol. The van der Waals surface area contributed by atoms with E-state index in [2.05, 4.69) is 41.0 Å². The molecule has 2 aromatic carbocycles. The largest absolute Gasteiger partial charge is 0.395 e. The van der Waals surface area contributed by atoms with E-state index in [1.165, 1.54) is 11.1 Å². The number of rotatable bonds is 9. The molecule has 172 valence electrons. The van der Waals surface area contributed by atoms with Gasteiger partial charge in [0.2, 0.25) is 0 Å². The molecule has 1 saturated heterocycles. The van der Waals surface area contributed by atoms with Crippen molar-refractivity contribution in [2.75, 3.05) is 32.8 Å². The Balaban J connectivity index is 1.70. The molecule has 2 aromatic rings. The van der Waals surface area contributed by atoms with Crippen LogP contribution in [0.25, 0.3) is 11.1 Å². The molecule has 0 radical (unpaired) electrons. The second kappa shape index (κ2) is 11.2. The summed E-state index contributed by atoms with van der Waals surface area (Å²) in [6.07, 6.45) is 2.99. The first-order valence-corrected chi connectivity index (χ1v) is 11.6. The van der Waals surface area contributed by atoms with Crippen LogP contribution >= 0.6 is 0 Å². The minimum Gasteiger partial charge on any atom is -0.395 e. The van der Waals surface area contributed by atoms with Gasteiger partial charge >= 0.3 is 0 Å². The van der Waals surface area contributed by atoms with Crippen LogP contribution in [0.4, 0.5) is 0 Å². The fourth-order valence-electron chi connectivity index (χ4n) is 4.60. The molecule has 6 heteroatoms. The van der Waals surface area contributed by atoms with E-state index in [0.29, 0.717) is 12.5 Å². The van der Waals surface area contributed by atoms with Crippen molar-refractivity contribution in [2.24, 2.45) is 11.7 Å². The summed E-state index contributed by atoms with van der Waals surface area (Å²) in [6.45, 7) is 8.66. The molecule has 0 amide bonds. The molecule has 0 saturated carbocycles. The minimum absolute atomic E-state index is 0.0777. The monoisotopic (exact) mass is 435 g/mol. The van der Waals surface area contributed by atoms with Gasteiger partial charge < -0.3 is 15.7 Å². The number of aliphatic hydroxyl groups is 1. The summed E-state index contributed by atoms with van der Waals surface area (Å²) in [4.78, 5) is 4.56. The Kier molecular flexibility index (Phi) is 8.42. The fraction of sp³-hybridized carbons (Fsp3) is 0.462. The molecule has 6 nitrogen and oxygen atoms in total. The number of aliphatic hydroxyl groups excluding tert-OH is 1. The Morgan fingerprint density at radius 1 is 1.12 bits per heavy atom. The average Bonchev–Trinajstić information content (AvgIpc) is 2.79. The van der Waals surface area contributed by atoms with Gasteiger partial charge in [0.25, 0.3) is 0 Å². The maximum Gasteiger partial charge on any atom is 0.122 e.